The Labute approximate surface area is 159 Å². The number of hydrogen-bond acceptors (Lipinski definition) is 4. The minimum atomic E-state index is -0.0787. The van der Waals surface area contributed by atoms with Gasteiger partial charge in [-0.15, -0.1) is 0 Å². The number of amides is 2. The van der Waals surface area contributed by atoms with Gasteiger partial charge >= 0.3 is 0 Å². The molecule has 3 rings (SSSR count). The van der Waals surface area contributed by atoms with Gasteiger partial charge in [0.25, 0.3) is 5.91 Å². The van der Waals surface area contributed by atoms with E-state index in [9.17, 15) is 14.7 Å². The van der Waals surface area contributed by atoms with E-state index in [-0.39, 0.29) is 17.6 Å². The number of carbonyl (C=O) groups excluding carboxylic acids is 2. The normalized spacial score (nSPS) is 14.1. The lowest BCUT2D eigenvalue weighted by Gasteiger charge is -2.35. The van der Waals surface area contributed by atoms with Crippen LogP contribution >= 0.6 is 0 Å². The molecule has 1 heterocycles. The number of hydrogen-bond donors (Lipinski definition) is 1. The summed E-state index contributed by atoms with van der Waals surface area (Å²) in [5, 5.41) is 9.32. The standard InChI is InChI=1S/C21H24N2O4/c1-16-4-2-3-5-19(16)27-15-10-20(25)22-11-13-23(14-12-22)21(26)17-6-8-18(24)9-7-17/h2-9,24H,10-15H2,1H3. The first-order chi connectivity index (χ1) is 13.0. The molecule has 6 nitrogen and oxygen atoms in total. The minimum absolute atomic E-state index is 0.0420. The number of ether oxygens (including phenoxy) is 1. The Kier molecular flexibility index (Phi) is 5.96. The van der Waals surface area contributed by atoms with Crippen LogP contribution in [0.25, 0.3) is 0 Å². The zero-order valence-corrected chi connectivity index (χ0v) is 15.4. The van der Waals surface area contributed by atoms with Crippen LogP contribution in [0, 0.1) is 6.92 Å². The molecule has 0 radical (unpaired) electrons. The third-order valence-corrected chi connectivity index (χ3v) is 4.70. The Balaban J connectivity index is 1.44. The van der Waals surface area contributed by atoms with Crippen molar-refractivity contribution in [1.29, 1.82) is 0 Å². The molecule has 0 bridgehead atoms. The molecule has 0 spiro atoms. The van der Waals surface area contributed by atoms with Gasteiger partial charge in [0.1, 0.15) is 11.5 Å². The first kappa shape index (κ1) is 18.8. The molecular weight excluding hydrogens is 344 g/mol. The predicted octanol–water partition coefficient (Wildman–Crippen LogP) is 2.45. The fourth-order valence-electron chi connectivity index (χ4n) is 3.07. The molecule has 2 amide bonds. The van der Waals surface area contributed by atoms with Gasteiger partial charge in [-0.05, 0) is 42.8 Å². The molecule has 0 atom stereocenters. The SMILES string of the molecule is Cc1ccccc1OCCC(=O)N1CCN(C(=O)c2ccc(O)cc2)CC1. The highest BCUT2D eigenvalue weighted by Gasteiger charge is 2.24. The van der Waals surface area contributed by atoms with Crippen molar-refractivity contribution in [2.24, 2.45) is 0 Å². The molecule has 1 N–H and O–H groups in total. The molecule has 142 valence electrons. The van der Waals surface area contributed by atoms with Crippen molar-refractivity contribution < 1.29 is 19.4 Å². The number of phenols is 1. The summed E-state index contributed by atoms with van der Waals surface area (Å²) in [7, 11) is 0. The fourth-order valence-corrected chi connectivity index (χ4v) is 3.07. The number of carbonyl (C=O) groups is 2. The van der Waals surface area contributed by atoms with Gasteiger partial charge in [-0.25, -0.2) is 0 Å². The van der Waals surface area contributed by atoms with E-state index in [1.807, 2.05) is 31.2 Å². The Morgan fingerprint density at radius 1 is 0.963 bits per heavy atom. The molecule has 0 saturated carbocycles. The second kappa shape index (κ2) is 8.58. The van der Waals surface area contributed by atoms with Crippen LogP contribution < -0.4 is 4.74 Å². The molecule has 0 aromatic heterocycles. The van der Waals surface area contributed by atoms with Gasteiger partial charge in [0.2, 0.25) is 5.91 Å². The van der Waals surface area contributed by atoms with Crippen LogP contribution in [-0.2, 0) is 4.79 Å². The Morgan fingerprint density at radius 2 is 1.59 bits per heavy atom. The number of piperazine rings is 1. The highest BCUT2D eigenvalue weighted by Crippen LogP contribution is 2.17. The van der Waals surface area contributed by atoms with Crippen molar-refractivity contribution in [3.63, 3.8) is 0 Å². The first-order valence-corrected chi connectivity index (χ1v) is 9.09. The lowest BCUT2D eigenvalue weighted by atomic mass is 10.1. The number of para-hydroxylation sites is 1. The summed E-state index contributed by atoms with van der Waals surface area (Å²) in [6, 6.07) is 14.0. The van der Waals surface area contributed by atoms with Gasteiger partial charge in [0.15, 0.2) is 0 Å². The third-order valence-electron chi connectivity index (χ3n) is 4.70. The van der Waals surface area contributed by atoms with E-state index >= 15 is 0 Å². The zero-order valence-electron chi connectivity index (χ0n) is 15.4. The van der Waals surface area contributed by atoms with E-state index in [0.29, 0.717) is 44.8 Å². The van der Waals surface area contributed by atoms with E-state index in [1.165, 1.54) is 12.1 Å². The maximum absolute atomic E-state index is 12.5. The van der Waals surface area contributed by atoms with Crippen LogP contribution in [0.5, 0.6) is 11.5 Å². The van der Waals surface area contributed by atoms with Crippen molar-refractivity contribution in [2.75, 3.05) is 32.8 Å². The lowest BCUT2D eigenvalue weighted by molar-refractivity contribution is -0.133. The minimum Gasteiger partial charge on any atom is -0.508 e. The third kappa shape index (κ3) is 4.78. The number of nitrogens with zero attached hydrogens (tertiary/aromatic N) is 2. The number of aromatic hydroxyl groups is 1. The van der Waals surface area contributed by atoms with Crippen LogP contribution in [0.2, 0.25) is 0 Å². The van der Waals surface area contributed by atoms with Crippen molar-refractivity contribution in [3.8, 4) is 11.5 Å². The van der Waals surface area contributed by atoms with Gasteiger partial charge < -0.3 is 19.6 Å². The van der Waals surface area contributed by atoms with Crippen LogP contribution in [-0.4, -0.2) is 59.5 Å². The van der Waals surface area contributed by atoms with Crippen LogP contribution in [0.4, 0.5) is 0 Å². The quantitative estimate of drug-likeness (QED) is 0.880. The second-order valence-electron chi connectivity index (χ2n) is 6.58. The summed E-state index contributed by atoms with van der Waals surface area (Å²) in [6.07, 6.45) is 0.320. The highest BCUT2D eigenvalue weighted by molar-refractivity contribution is 5.94. The van der Waals surface area contributed by atoms with Gasteiger partial charge in [-0.1, -0.05) is 18.2 Å². The first-order valence-electron chi connectivity index (χ1n) is 9.09. The van der Waals surface area contributed by atoms with E-state index in [1.54, 1.807) is 21.9 Å². The van der Waals surface area contributed by atoms with Crippen molar-refractivity contribution >= 4 is 11.8 Å². The van der Waals surface area contributed by atoms with Crippen LogP contribution in [0.3, 0.4) is 0 Å². The Bertz CT molecular complexity index is 796. The number of phenolic OH excluding ortho intramolecular Hbond substituents is 1. The van der Waals surface area contributed by atoms with Crippen molar-refractivity contribution in [3.05, 3.63) is 59.7 Å². The van der Waals surface area contributed by atoms with E-state index in [2.05, 4.69) is 0 Å². The molecule has 1 aliphatic rings. The summed E-state index contributed by atoms with van der Waals surface area (Å²) in [5.41, 5.74) is 1.59. The zero-order chi connectivity index (χ0) is 19.2. The molecule has 2 aromatic rings. The summed E-state index contributed by atoms with van der Waals surface area (Å²) in [4.78, 5) is 28.4. The fraction of sp³-hybridized carbons (Fsp3) is 0.333. The monoisotopic (exact) mass is 368 g/mol. The maximum Gasteiger partial charge on any atom is 0.253 e. The Morgan fingerprint density at radius 3 is 2.26 bits per heavy atom. The van der Waals surface area contributed by atoms with E-state index < -0.39 is 0 Å². The van der Waals surface area contributed by atoms with E-state index in [4.69, 9.17) is 4.74 Å². The molecule has 27 heavy (non-hydrogen) atoms. The average molecular weight is 368 g/mol. The highest BCUT2D eigenvalue weighted by atomic mass is 16.5. The number of benzene rings is 2. The molecule has 1 fully saturated rings. The van der Waals surface area contributed by atoms with Gasteiger partial charge in [-0.2, -0.15) is 0 Å². The predicted molar refractivity (Wildman–Crippen MR) is 102 cm³/mol. The van der Waals surface area contributed by atoms with Crippen LogP contribution in [0.15, 0.2) is 48.5 Å². The smallest absolute Gasteiger partial charge is 0.253 e. The largest absolute Gasteiger partial charge is 0.508 e. The van der Waals surface area contributed by atoms with Gasteiger partial charge in [0, 0.05) is 31.7 Å². The maximum atomic E-state index is 12.5. The molecule has 2 aromatic carbocycles. The average Bonchev–Trinajstić information content (AvgIpc) is 2.69. The summed E-state index contributed by atoms with van der Waals surface area (Å²) < 4.78 is 5.69. The van der Waals surface area contributed by atoms with Crippen molar-refractivity contribution in [2.45, 2.75) is 13.3 Å². The molecule has 1 aliphatic heterocycles. The van der Waals surface area contributed by atoms with Crippen LogP contribution in [0.1, 0.15) is 22.3 Å². The second-order valence-corrected chi connectivity index (χ2v) is 6.58. The lowest BCUT2D eigenvalue weighted by Crippen LogP contribution is -2.50. The van der Waals surface area contributed by atoms with E-state index in [0.717, 1.165) is 11.3 Å². The Hall–Kier alpha value is -3.02. The summed E-state index contributed by atoms with van der Waals surface area (Å²) >= 11 is 0. The van der Waals surface area contributed by atoms with Gasteiger partial charge in [0.05, 0.1) is 13.0 Å². The van der Waals surface area contributed by atoms with Gasteiger partial charge in [-0.3, -0.25) is 9.59 Å². The molecule has 0 aliphatic carbocycles. The number of rotatable bonds is 5. The molecule has 0 unspecified atom stereocenters. The van der Waals surface area contributed by atoms with Crippen molar-refractivity contribution in [1.82, 2.24) is 9.80 Å². The topological polar surface area (TPSA) is 70.1 Å². The molecule has 6 heteroatoms. The molecular formula is C21H24N2O4. The molecule has 1 saturated heterocycles. The summed E-state index contributed by atoms with van der Waals surface area (Å²) in [6.45, 7) is 4.37. The summed E-state index contributed by atoms with van der Waals surface area (Å²) in [5.74, 6) is 0.898. The number of aryl methyl sites for hydroxylation is 1.